The first-order valence-electron chi connectivity index (χ1n) is 2.66. The molecule has 1 N–H and O–H groups in total. The molecule has 0 atom stereocenters. The van der Waals surface area contributed by atoms with Gasteiger partial charge in [0.1, 0.15) is 0 Å². The molecular formula is C7H9NNa+. The Balaban J connectivity index is 0.000000640. The summed E-state index contributed by atoms with van der Waals surface area (Å²) in [6, 6.07) is 10.1. The summed E-state index contributed by atoms with van der Waals surface area (Å²) in [5, 5.41) is 3.03. The molecular weight excluding hydrogens is 121 g/mol. The normalized spacial score (nSPS) is 7.67. The van der Waals surface area contributed by atoms with Crippen molar-refractivity contribution in [3.8, 4) is 0 Å². The number of hydrogen-bond donors (Lipinski definition) is 1. The van der Waals surface area contributed by atoms with Crippen LogP contribution in [0.3, 0.4) is 0 Å². The smallest absolute Gasteiger partial charge is 0.388 e. The van der Waals surface area contributed by atoms with Gasteiger partial charge in [-0.15, -0.1) is 0 Å². The quantitative estimate of drug-likeness (QED) is 0.467. The first-order chi connectivity index (χ1) is 3.93. The molecule has 0 saturated carbocycles. The molecule has 1 aromatic carbocycles. The number of hydrogen-bond acceptors (Lipinski definition) is 1. The molecule has 0 amide bonds. The fourth-order valence-corrected chi connectivity index (χ4v) is 0.605. The Labute approximate surface area is 77.8 Å². The zero-order chi connectivity index (χ0) is 5.82. The molecule has 0 heterocycles. The SMILES string of the molecule is CNc1ccccc1.[Na+]. The number of benzene rings is 1. The summed E-state index contributed by atoms with van der Waals surface area (Å²) in [7, 11) is 1.91. The van der Waals surface area contributed by atoms with Gasteiger partial charge in [-0.1, -0.05) is 18.2 Å². The average Bonchev–Trinajstić information content (AvgIpc) is 1.90. The predicted octanol–water partition coefficient (Wildman–Crippen LogP) is -1.27. The van der Waals surface area contributed by atoms with Crippen LogP contribution >= 0.6 is 0 Å². The summed E-state index contributed by atoms with van der Waals surface area (Å²) in [5.41, 5.74) is 1.16. The van der Waals surface area contributed by atoms with Crippen molar-refractivity contribution in [1.29, 1.82) is 0 Å². The largest absolute Gasteiger partial charge is 1.00 e. The maximum atomic E-state index is 3.03. The van der Waals surface area contributed by atoms with E-state index < -0.39 is 0 Å². The topological polar surface area (TPSA) is 12.0 Å². The van der Waals surface area contributed by atoms with Gasteiger partial charge in [-0.05, 0) is 12.1 Å². The Kier molecular flexibility index (Phi) is 4.87. The van der Waals surface area contributed by atoms with Crippen LogP contribution in [0.15, 0.2) is 30.3 Å². The van der Waals surface area contributed by atoms with Gasteiger partial charge < -0.3 is 5.32 Å². The number of anilines is 1. The second-order valence-electron chi connectivity index (χ2n) is 1.62. The first kappa shape index (κ1) is 9.02. The van der Waals surface area contributed by atoms with Crippen molar-refractivity contribution in [2.24, 2.45) is 0 Å². The third kappa shape index (κ3) is 2.89. The number of rotatable bonds is 1. The molecule has 0 saturated heterocycles. The Morgan fingerprint density at radius 2 is 1.67 bits per heavy atom. The van der Waals surface area contributed by atoms with Crippen molar-refractivity contribution in [3.63, 3.8) is 0 Å². The summed E-state index contributed by atoms with van der Waals surface area (Å²) in [6.07, 6.45) is 0. The van der Waals surface area contributed by atoms with Crippen LogP contribution in [0, 0.1) is 0 Å². The maximum absolute atomic E-state index is 3.03. The maximum Gasteiger partial charge on any atom is 1.00 e. The van der Waals surface area contributed by atoms with Crippen molar-refractivity contribution in [2.45, 2.75) is 0 Å². The van der Waals surface area contributed by atoms with Crippen LogP contribution in [-0.4, -0.2) is 7.05 Å². The third-order valence-corrected chi connectivity index (χ3v) is 1.06. The summed E-state index contributed by atoms with van der Waals surface area (Å²) < 4.78 is 0. The average molecular weight is 130 g/mol. The van der Waals surface area contributed by atoms with Gasteiger partial charge >= 0.3 is 29.6 Å². The van der Waals surface area contributed by atoms with E-state index in [1.165, 1.54) is 0 Å². The van der Waals surface area contributed by atoms with E-state index in [1.807, 2.05) is 37.4 Å². The van der Waals surface area contributed by atoms with Crippen LogP contribution in [0.4, 0.5) is 5.69 Å². The van der Waals surface area contributed by atoms with Gasteiger partial charge in [0, 0.05) is 12.7 Å². The van der Waals surface area contributed by atoms with Crippen molar-refractivity contribution in [1.82, 2.24) is 0 Å². The van der Waals surface area contributed by atoms with Gasteiger partial charge in [0.25, 0.3) is 0 Å². The van der Waals surface area contributed by atoms with Crippen LogP contribution in [0.1, 0.15) is 0 Å². The minimum Gasteiger partial charge on any atom is -0.388 e. The Morgan fingerprint density at radius 3 is 2.00 bits per heavy atom. The molecule has 9 heavy (non-hydrogen) atoms. The fourth-order valence-electron chi connectivity index (χ4n) is 0.605. The van der Waals surface area contributed by atoms with Crippen LogP contribution < -0.4 is 34.9 Å². The fraction of sp³-hybridized carbons (Fsp3) is 0.143. The zero-order valence-corrected chi connectivity index (χ0v) is 7.89. The van der Waals surface area contributed by atoms with E-state index in [0.717, 1.165) is 5.69 Å². The van der Waals surface area contributed by atoms with Gasteiger partial charge in [0.15, 0.2) is 0 Å². The Morgan fingerprint density at radius 1 is 1.11 bits per heavy atom. The number of para-hydroxylation sites is 1. The van der Waals surface area contributed by atoms with Gasteiger partial charge in [0.2, 0.25) is 0 Å². The van der Waals surface area contributed by atoms with Gasteiger partial charge in [-0.3, -0.25) is 0 Å². The zero-order valence-electron chi connectivity index (χ0n) is 5.89. The van der Waals surface area contributed by atoms with Crippen molar-refractivity contribution >= 4 is 5.69 Å². The Hall–Kier alpha value is 0.0200. The van der Waals surface area contributed by atoms with Crippen molar-refractivity contribution in [2.75, 3.05) is 12.4 Å². The second kappa shape index (κ2) is 4.86. The molecule has 0 radical (unpaired) electrons. The molecule has 1 aromatic rings. The minimum atomic E-state index is 0. The molecule has 0 aromatic heterocycles. The van der Waals surface area contributed by atoms with E-state index in [-0.39, 0.29) is 29.6 Å². The molecule has 2 heteroatoms. The van der Waals surface area contributed by atoms with Gasteiger partial charge in [-0.25, -0.2) is 0 Å². The summed E-state index contributed by atoms with van der Waals surface area (Å²) in [6.45, 7) is 0. The molecule has 0 spiro atoms. The molecule has 0 aliphatic heterocycles. The summed E-state index contributed by atoms with van der Waals surface area (Å²) >= 11 is 0. The first-order valence-corrected chi connectivity index (χ1v) is 2.66. The van der Waals surface area contributed by atoms with E-state index in [9.17, 15) is 0 Å². The molecule has 0 aliphatic carbocycles. The van der Waals surface area contributed by atoms with Gasteiger partial charge in [0.05, 0.1) is 0 Å². The standard InChI is InChI=1S/C7H9N.Na/c1-8-7-5-3-2-4-6-7;/h2-6,8H,1H3;/q;+1. The molecule has 1 nitrogen and oxygen atoms in total. The summed E-state index contributed by atoms with van der Waals surface area (Å²) in [4.78, 5) is 0. The summed E-state index contributed by atoms with van der Waals surface area (Å²) in [5.74, 6) is 0. The minimum absolute atomic E-state index is 0. The molecule has 0 bridgehead atoms. The van der Waals surface area contributed by atoms with Crippen LogP contribution in [-0.2, 0) is 0 Å². The van der Waals surface area contributed by atoms with Crippen molar-refractivity contribution < 1.29 is 29.6 Å². The van der Waals surface area contributed by atoms with Crippen LogP contribution in [0.25, 0.3) is 0 Å². The van der Waals surface area contributed by atoms with Crippen molar-refractivity contribution in [3.05, 3.63) is 30.3 Å². The van der Waals surface area contributed by atoms with E-state index in [0.29, 0.717) is 0 Å². The second-order valence-corrected chi connectivity index (χ2v) is 1.62. The number of nitrogens with one attached hydrogen (secondary N) is 1. The van der Waals surface area contributed by atoms with Crippen LogP contribution in [0.2, 0.25) is 0 Å². The van der Waals surface area contributed by atoms with E-state index >= 15 is 0 Å². The van der Waals surface area contributed by atoms with Crippen LogP contribution in [0.5, 0.6) is 0 Å². The van der Waals surface area contributed by atoms with Gasteiger partial charge in [-0.2, -0.15) is 0 Å². The third-order valence-electron chi connectivity index (χ3n) is 1.06. The van der Waals surface area contributed by atoms with E-state index in [4.69, 9.17) is 0 Å². The van der Waals surface area contributed by atoms with E-state index in [2.05, 4.69) is 5.32 Å². The predicted molar refractivity (Wildman–Crippen MR) is 36.0 cm³/mol. The molecule has 0 aliphatic rings. The molecule has 1 rings (SSSR count). The molecule has 42 valence electrons. The molecule has 0 fully saturated rings. The Bertz CT molecular complexity index is 150. The monoisotopic (exact) mass is 130 g/mol. The molecule has 0 unspecified atom stereocenters. The van der Waals surface area contributed by atoms with E-state index in [1.54, 1.807) is 0 Å².